The van der Waals surface area contributed by atoms with Gasteiger partial charge in [0.05, 0.1) is 47.0 Å². The molecule has 45 heavy (non-hydrogen) atoms. The minimum Gasteiger partial charge on any atom is -0.493 e. The molecule has 11 nitrogen and oxygen atoms in total. The second-order valence-corrected chi connectivity index (χ2v) is 13.7. The summed E-state index contributed by atoms with van der Waals surface area (Å²) in [5.74, 6) is -1.76. The molecular formula is C30H37BrF3N7O4. The number of benzene rings is 1. The Kier molecular flexibility index (Phi) is 8.52. The summed E-state index contributed by atoms with van der Waals surface area (Å²) in [6.07, 6.45) is 1.24. The average Bonchev–Trinajstić information content (AvgIpc) is 3.60. The molecule has 2 aromatic heterocycles. The fourth-order valence-electron chi connectivity index (χ4n) is 6.61. The Hall–Kier alpha value is -3.33. The lowest BCUT2D eigenvalue weighted by Gasteiger charge is -2.31. The molecule has 0 radical (unpaired) electrons. The molecule has 1 unspecified atom stereocenters. The quantitative estimate of drug-likeness (QED) is 0.331. The molecule has 3 aromatic rings. The largest absolute Gasteiger partial charge is 0.493 e. The topological polar surface area (TPSA) is 107 Å². The minimum atomic E-state index is -0.936. The zero-order valence-corrected chi connectivity index (χ0v) is 27.3. The smallest absolute Gasteiger partial charge is 0.407 e. The maximum absolute atomic E-state index is 15.7. The molecule has 0 saturated carbocycles. The lowest BCUT2D eigenvalue weighted by molar-refractivity contribution is 0.0522. The molecule has 3 aliphatic heterocycles. The number of hydrogen-bond donors (Lipinski definition) is 1. The Labute approximate surface area is 267 Å². The van der Waals surface area contributed by atoms with Crippen LogP contribution in [0.15, 0.2) is 10.5 Å². The number of nitrogens with one attached hydrogen (secondary N) is 1. The third kappa shape index (κ3) is 6.25. The molecule has 2 atom stereocenters. The van der Waals surface area contributed by atoms with Crippen LogP contribution in [0.5, 0.6) is 11.8 Å². The van der Waals surface area contributed by atoms with Crippen LogP contribution in [-0.2, 0) is 24.4 Å². The third-order valence-electron chi connectivity index (χ3n) is 8.50. The fourth-order valence-corrected chi connectivity index (χ4v) is 6.97. The number of alkyl carbamates (subject to hydrolysis) is 1. The molecule has 1 amide bonds. The lowest BCUT2D eigenvalue weighted by Crippen LogP contribution is -2.43. The molecule has 2 saturated heterocycles. The summed E-state index contributed by atoms with van der Waals surface area (Å²) >= 11 is 3.01. The van der Waals surface area contributed by atoms with Crippen molar-refractivity contribution >= 4 is 38.7 Å². The Morgan fingerprint density at radius 2 is 1.98 bits per heavy atom. The first kappa shape index (κ1) is 31.6. The van der Waals surface area contributed by atoms with Crippen molar-refractivity contribution < 1.29 is 32.2 Å². The zero-order valence-electron chi connectivity index (χ0n) is 25.8. The number of carbonyl (C=O) groups excluding carboxylic acids is 1. The molecule has 6 rings (SSSR count). The van der Waals surface area contributed by atoms with E-state index < -0.39 is 39.5 Å². The van der Waals surface area contributed by atoms with E-state index in [0.717, 1.165) is 25.1 Å². The Balaban J connectivity index is 1.33. The van der Waals surface area contributed by atoms with Crippen molar-refractivity contribution in [3.8, 4) is 11.8 Å². The summed E-state index contributed by atoms with van der Waals surface area (Å²) < 4.78 is 63.7. The molecule has 244 valence electrons. The Morgan fingerprint density at radius 3 is 2.73 bits per heavy atom. The van der Waals surface area contributed by atoms with Crippen LogP contribution in [0.1, 0.15) is 57.8 Å². The van der Waals surface area contributed by atoms with Gasteiger partial charge in [-0.2, -0.15) is 15.1 Å². The van der Waals surface area contributed by atoms with E-state index in [9.17, 15) is 9.18 Å². The number of hydrogen-bond acceptors (Lipinski definition) is 9. The number of alkyl halides is 1. The van der Waals surface area contributed by atoms with Crippen LogP contribution in [0.3, 0.4) is 0 Å². The predicted molar refractivity (Wildman–Crippen MR) is 163 cm³/mol. The van der Waals surface area contributed by atoms with E-state index in [1.165, 1.54) is 7.11 Å². The van der Waals surface area contributed by atoms with Gasteiger partial charge in [0.15, 0.2) is 17.4 Å². The van der Waals surface area contributed by atoms with E-state index in [1.807, 2.05) is 15.6 Å². The van der Waals surface area contributed by atoms with Crippen molar-refractivity contribution in [1.29, 1.82) is 0 Å². The number of methoxy groups -OCH3 is 1. The van der Waals surface area contributed by atoms with Gasteiger partial charge in [0.1, 0.15) is 29.7 Å². The predicted octanol–water partition coefficient (Wildman–Crippen LogP) is 5.27. The van der Waals surface area contributed by atoms with Gasteiger partial charge in [-0.15, -0.1) is 0 Å². The number of fused-ring (bicyclic) bond motifs is 3. The van der Waals surface area contributed by atoms with Crippen LogP contribution < -0.4 is 19.7 Å². The highest BCUT2D eigenvalue weighted by atomic mass is 79.9. The SMILES string of the molecule is COc1c(F)c(Br)c(F)c2nc(OCC34CCCN3C[C@H](F)C4)nc(N3CCCn4nc(CNC(=O)OC(C)(C)C)cc4C3)c12. The van der Waals surface area contributed by atoms with Crippen LogP contribution in [-0.4, -0.2) is 81.4 Å². The van der Waals surface area contributed by atoms with Crippen molar-refractivity contribution in [3.05, 3.63) is 33.6 Å². The minimum absolute atomic E-state index is 0.0770. The highest BCUT2D eigenvalue weighted by Crippen LogP contribution is 2.43. The van der Waals surface area contributed by atoms with E-state index in [-0.39, 0.29) is 41.6 Å². The van der Waals surface area contributed by atoms with E-state index in [2.05, 4.69) is 36.2 Å². The maximum Gasteiger partial charge on any atom is 0.407 e. The van der Waals surface area contributed by atoms with Crippen LogP contribution in [0.25, 0.3) is 10.9 Å². The molecule has 0 bridgehead atoms. The molecule has 2 fully saturated rings. The average molecular weight is 697 g/mol. The Bertz CT molecular complexity index is 1620. The highest BCUT2D eigenvalue weighted by Gasteiger charge is 2.49. The van der Waals surface area contributed by atoms with Crippen LogP contribution in [0.4, 0.5) is 23.8 Å². The van der Waals surface area contributed by atoms with Crippen molar-refractivity contribution in [2.24, 2.45) is 0 Å². The van der Waals surface area contributed by atoms with E-state index in [0.29, 0.717) is 44.7 Å². The number of amides is 1. The molecule has 3 aliphatic rings. The summed E-state index contributed by atoms with van der Waals surface area (Å²) in [5.41, 5.74) is 0.208. The second-order valence-electron chi connectivity index (χ2n) is 12.9. The summed E-state index contributed by atoms with van der Waals surface area (Å²) in [7, 11) is 1.30. The molecule has 15 heteroatoms. The van der Waals surface area contributed by atoms with Gasteiger partial charge in [-0.05, 0) is 68.6 Å². The van der Waals surface area contributed by atoms with Gasteiger partial charge in [-0.3, -0.25) is 9.58 Å². The number of rotatable bonds is 7. The number of ether oxygens (including phenoxy) is 3. The first-order valence-electron chi connectivity index (χ1n) is 15.1. The van der Waals surface area contributed by atoms with E-state index in [1.54, 1.807) is 20.8 Å². The fraction of sp³-hybridized carbons (Fsp3) is 0.600. The van der Waals surface area contributed by atoms with Gasteiger partial charge in [-0.25, -0.2) is 18.0 Å². The van der Waals surface area contributed by atoms with E-state index >= 15 is 8.78 Å². The first-order valence-corrected chi connectivity index (χ1v) is 15.9. The molecule has 1 N–H and O–H groups in total. The zero-order chi connectivity index (χ0) is 32.1. The standard InChI is InChI=1S/C30H37BrF3N7O4/c1-29(2,3)45-28(42)35-13-18-11-19-15-39(8-6-10-41(19)38-18)26-20-24(22(33)21(31)23(34)25(20)43-4)36-27(37-26)44-16-30-7-5-9-40(30)14-17(32)12-30/h11,17H,5-10,12-16H2,1-4H3,(H,35,42)/t17-,30?/m1/s1. The number of halogens is 4. The molecule has 1 aromatic carbocycles. The first-order chi connectivity index (χ1) is 21.4. The third-order valence-corrected chi connectivity index (χ3v) is 9.20. The van der Waals surface area contributed by atoms with E-state index in [4.69, 9.17) is 19.2 Å². The number of carbonyl (C=O) groups is 1. The van der Waals surface area contributed by atoms with Gasteiger partial charge in [0, 0.05) is 26.1 Å². The van der Waals surface area contributed by atoms with Gasteiger partial charge in [-0.1, -0.05) is 0 Å². The van der Waals surface area contributed by atoms with Crippen LogP contribution >= 0.6 is 15.9 Å². The number of anilines is 1. The van der Waals surface area contributed by atoms with Gasteiger partial charge in [0.25, 0.3) is 0 Å². The monoisotopic (exact) mass is 695 g/mol. The maximum atomic E-state index is 15.7. The van der Waals surface area contributed by atoms with Crippen molar-refractivity contribution in [3.63, 3.8) is 0 Å². The highest BCUT2D eigenvalue weighted by molar-refractivity contribution is 9.10. The van der Waals surface area contributed by atoms with Crippen LogP contribution in [0, 0.1) is 11.6 Å². The molecular weight excluding hydrogens is 659 g/mol. The molecule has 5 heterocycles. The molecule has 0 spiro atoms. The molecule has 0 aliphatic carbocycles. The van der Waals surface area contributed by atoms with Gasteiger partial charge < -0.3 is 24.4 Å². The second kappa shape index (κ2) is 12.1. The Morgan fingerprint density at radius 1 is 1.18 bits per heavy atom. The number of aromatic nitrogens is 4. The number of nitrogens with zero attached hydrogens (tertiary/aromatic N) is 6. The van der Waals surface area contributed by atoms with Gasteiger partial charge in [0.2, 0.25) is 0 Å². The lowest BCUT2D eigenvalue weighted by atomic mass is 9.95. The summed E-state index contributed by atoms with van der Waals surface area (Å²) in [6.45, 7) is 8.21. The van der Waals surface area contributed by atoms with Crippen molar-refractivity contribution in [2.75, 3.05) is 38.3 Å². The van der Waals surface area contributed by atoms with Gasteiger partial charge >= 0.3 is 12.1 Å². The van der Waals surface area contributed by atoms with Crippen LogP contribution in [0.2, 0.25) is 0 Å². The summed E-state index contributed by atoms with van der Waals surface area (Å²) in [5, 5.41) is 7.45. The summed E-state index contributed by atoms with van der Waals surface area (Å²) in [6, 6.07) is 1.78. The van der Waals surface area contributed by atoms with Crippen molar-refractivity contribution in [1.82, 2.24) is 30.0 Å². The number of aryl methyl sites for hydroxylation is 1. The normalized spacial score (nSPS) is 21.9. The van der Waals surface area contributed by atoms with Crippen molar-refractivity contribution in [2.45, 2.75) is 83.4 Å². The summed E-state index contributed by atoms with van der Waals surface area (Å²) in [4.78, 5) is 25.3.